The van der Waals surface area contributed by atoms with Gasteiger partial charge in [-0.3, -0.25) is 9.59 Å². The Kier molecular flexibility index (Phi) is 3.27. The van der Waals surface area contributed by atoms with Gasteiger partial charge in [0.05, 0.1) is 0 Å². The van der Waals surface area contributed by atoms with Crippen LogP contribution in [0.3, 0.4) is 0 Å². The number of hydrogen-bond acceptors (Lipinski definition) is 2. The summed E-state index contributed by atoms with van der Waals surface area (Å²) in [6.07, 6.45) is 6.24. The van der Waals surface area contributed by atoms with Gasteiger partial charge >= 0.3 is 0 Å². The number of carbonyl (C=O) groups excluding carboxylic acids is 2. The molecule has 4 nitrogen and oxygen atoms in total. The van der Waals surface area contributed by atoms with Gasteiger partial charge in [0, 0.05) is 12.6 Å². The summed E-state index contributed by atoms with van der Waals surface area (Å²) in [5.74, 6) is 1.18. The maximum atomic E-state index is 12.7. The van der Waals surface area contributed by atoms with Crippen molar-refractivity contribution in [2.45, 2.75) is 70.5 Å². The lowest BCUT2D eigenvalue weighted by atomic mass is 9.98. The molecule has 19 heavy (non-hydrogen) atoms. The van der Waals surface area contributed by atoms with Gasteiger partial charge in [-0.15, -0.1) is 0 Å². The quantitative estimate of drug-likeness (QED) is 0.776. The van der Waals surface area contributed by atoms with E-state index in [0.717, 1.165) is 38.1 Å². The molecule has 4 heteroatoms. The molecule has 1 saturated carbocycles. The highest BCUT2D eigenvalue weighted by molar-refractivity contribution is 5.97. The Morgan fingerprint density at radius 2 is 1.95 bits per heavy atom. The summed E-state index contributed by atoms with van der Waals surface area (Å²) in [6.45, 7) is 4.91. The first-order valence-electron chi connectivity index (χ1n) is 7.76. The van der Waals surface area contributed by atoms with E-state index in [-0.39, 0.29) is 29.9 Å². The molecular weight excluding hydrogens is 240 g/mol. The van der Waals surface area contributed by atoms with Gasteiger partial charge in [0.25, 0.3) is 0 Å². The number of amides is 2. The lowest BCUT2D eigenvalue weighted by molar-refractivity contribution is -0.162. The molecule has 1 aliphatic carbocycles. The minimum absolute atomic E-state index is 0.156. The number of rotatable bonds is 4. The molecule has 3 atom stereocenters. The number of carbonyl (C=O) groups is 2. The first-order valence-corrected chi connectivity index (χ1v) is 7.76. The first-order chi connectivity index (χ1) is 9.13. The predicted octanol–water partition coefficient (Wildman–Crippen LogP) is 1.79. The summed E-state index contributed by atoms with van der Waals surface area (Å²) in [5, 5.41) is 0. The Bertz CT molecular complexity index is 392. The van der Waals surface area contributed by atoms with Crippen LogP contribution >= 0.6 is 0 Å². The highest BCUT2D eigenvalue weighted by atomic mass is 16.2. The van der Waals surface area contributed by atoms with Gasteiger partial charge in [-0.05, 0) is 38.5 Å². The minimum Gasteiger partial charge on any atom is -0.329 e. The van der Waals surface area contributed by atoms with Crippen LogP contribution in [0.2, 0.25) is 0 Å². The Morgan fingerprint density at radius 3 is 2.58 bits per heavy atom. The van der Waals surface area contributed by atoms with Crippen molar-refractivity contribution >= 4 is 11.8 Å². The van der Waals surface area contributed by atoms with Crippen molar-refractivity contribution in [3.63, 3.8) is 0 Å². The molecule has 0 aromatic heterocycles. The van der Waals surface area contributed by atoms with Crippen molar-refractivity contribution in [3.05, 3.63) is 0 Å². The average Bonchev–Trinajstić information content (AvgIpc) is 3.06. The van der Waals surface area contributed by atoms with Gasteiger partial charge in [0.15, 0.2) is 0 Å². The van der Waals surface area contributed by atoms with Gasteiger partial charge in [0.1, 0.15) is 12.1 Å². The smallest absolute Gasteiger partial charge is 0.246 e. The fourth-order valence-electron chi connectivity index (χ4n) is 3.77. The van der Waals surface area contributed by atoms with E-state index < -0.39 is 0 Å². The van der Waals surface area contributed by atoms with E-state index in [1.54, 1.807) is 0 Å². The van der Waals surface area contributed by atoms with Crippen molar-refractivity contribution in [2.24, 2.45) is 5.92 Å². The number of piperazine rings is 1. The normalized spacial score (nSPS) is 32.7. The van der Waals surface area contributed by atoms with Gasteiger partial charge in [-0.1, -0.05) is 19.8 Å². The third-order valence-corrected chi connectivity index (χ3v) is 4.93. The lowest BCUT2D eigenvalue weighted by Gasteiger charge is -2.45. The highest BCUT2D eigenvalue weighted by Gasteiger charge is 2.48. The van der Waals surface area contributed by atoms with Crippen molar-refractivity contribution in [1.82, 2.24) is 9.80 Å². The molecular formula is C15H24N2O2. The van der Waals surface area contributed by atoms with Crippen molar-refractivity contribution < 1.29 is 9.59 Å². The Morgan fingerprint density at radius 1 is 1.21 bits per heavy atom. The molecule has 3 aliphatic rings. The van der Waals surface area contributed by atoms with E-state index in [1.165, 1.54) is 12.8 Å². The third kappa shape index (κ3) is 2.15. The summed E-state index contributed by atoms with van der Waals surface area (Å²) in [7, 11) is 0. The van der Waals surface area contributed by atoms with Crippen LogP contribution < -0.4 is 0 Å². The minimum atomic E-state index is -0.212. The molecule has 2 amide bonds. The van der Waals surface area contributed by atoms with Crippen molar-refractivity contribution in [2.75, 3.05) is 6.54 Å². The Labute approximate surface area is 115 Å². The molecule has 2 aliphatic heterocycles. The number of hydrogen-bond donors (Lipinski definition) is 0. The average molecular weight is 264 g/mol. The van der Waals surface area contributed by atoms with Gasteiger partial charge in [-0.2, -0.15) is 0 Å². The maximum absolute atomic E-state index is 12.7. The van der Waals surface area contributed by atoms with Crippen LogP contribution in [0.4, 0.5) is 0 Å². The topological polar surface area (TPSA) is 40.6 Å². The van der Waals surface area contributed by atoms with Crippen LogP contribution in [-0.4, -0.2) is 46.3 Å². The summed E-state index contributed by atoms with van der Waals surface area (Å²) < 4.78 is 0. The van der Waals surface area contributed by atoms with E-state index >= 15 is 0 Å². The van der Waals surface area contributed by atoms with E-state index in [1.807, 2.05) is 16.7 Å². The maximum Gasteiger partial charge on any atom is 0.246 e. The highest BCUT2D eigenvalue weighted by Crippen LogP contribution is 2.37. The van der Waals surface area contributed by atoms with E-state index in [9.17, 15) is 9.59 Å². The molecule has 0 bridgehead atoms. The zero-order valence-corrected chi connectivity index (χ0v) is 12.0. The van der Waals surface area contributed by atoms with Crippen LogP contribution in [-0.2, 0) is 9.59 Å². The van der Waals surface area contributed by atoms with Gasteiger partial charge in [-0.25, -0.2) is 0 Å². The van der Waals surface area contributed by atoms with E-state index in [2.05, 4.69) is 6.92 Å². The molecule has 0 spiro atoms. The van der Waals surface area contributed by atoms with Crippen LogP contribution in [0.15, 0.2) is 0 Å². The predicted molar refractivity (Wildman–Crippen MR) is 72.5 cm³/mol. The van der Waals surface area contributed by atoms with Gasteiger partial charge in [0.2, 0.25) is 11.8 Å². The summed E-state index contributed by atoms with van der Waals surface area (Å²) in [6, 6.07) is -0.149. The SMILES string of the molecule is CCC1C(=O)N2CCCC2C(=O)N1C(C)CC1CC1. The molecule has 0 N–H and O–H groups in total. The molecule has 0 aromatic carbocycles. The molecule has 0 aromatic rings. The molecule has 0 radical (unpaired) electrons. The summed E-state index contributed by atoms with van der Waals surface area (Å²) in [5.41, 5.74) is 0. The van der Waals surface area contributed by atoms with Crippen LogP contribution in [0.1, 0.15) is 52.4 Å². The van der Waals surface area contributed by atoms with Gasteiger partial charge < -0.3 is 9.80 Å². The van der Waals surface area contributed by atoms with E-state index in [4.69, 9.17) is 0 Å². The second-order valence-corrected chi connectivity index (χ2v) is 6.39. The molecule has 2 heterocycles. The number of fused-ring (bicyclic) bond motifs is 1. The fourth-order valence-corrected chi connectivity index (χ4v) is 3.77. The largest absolute Gasteiger partial charge is 0.329 e. The standard InChI is InChI=1S/C15H24N2O2/c1-3-12-14(18)16-8-4-5-13(16)15(19)17(12)10(2)9-11-6-7-11/h10-13H,3-9H2,1-2H3. The summed E-state index contributed by atoms with van der Waals surface area (Å²) >= 11 is 0. The fraction of sp³-hybridized carbons (Fsp3) is 0.867. The van der Waals surface area contributed by atoms with Crippen molar-refractivity contribution in [3.8, 4) is 0 Å². The molecule has 106 valence electrons. The monoisotopic (exact) mass is 264 g/mol. The third-order valence-electron chi connectivity index (χ3n) is 4.93. The zero-order valence-electron chi connectivity index (χ0n) is 12.0. The Balaban J connectivity index is 1.82. The van der Waals surface area contributed by atoms with Crippen LogP contribution in [0, 0.1) is 5.92 Å². The second-order valence-electron chi connectivity index (χ2n) is 6.39. The first kappa shape index (κ1) is 12.9. The van der Waals surface area contributed by atoms with Crippen molar-refractivity contribution in [1.29, 1.82) is 0 Å². The van der Waals surface area contributed by atoms with E-state index in [0.29, 0.717) is 0 Å². The molecule has 2 saturated heterocycles. The molecule has 3 unspecified atom stereocenters. The summed E-state index contributed by atoms with van der Waals surface area (Å²) in [4.78, 5) is 29.0. The Hall–Kier alpha value is -1.06. The molecule has 3 rings (SSSR count). The number of nitrogens with zero attached hydrogens (tertiary/aromatic N) is 2. The van der Waals surface area contributed by atoms with Crippen LogP contribution in [0.5, 0.6) is 0 Å². The zero-order chi connectivity index (χ0) is 13.6. The lowest BCUT2D eigenvalue weighted by Crippen LogP contribution is -2.64. The second kappa shape index (κ2) is 4.80. The van der Waals surface area contributed by atoms with Crippen LogP contribution in [0.25, 0.3) is 0 Å². The molecule has 3 fully saturated rings.